The van der Waals surface area contributed by atoms with Gasteiger partial charge in [-0.2, -0.15) is 5.26 Å². The SMILES string of the molecule is N#Cc1ccc(CNc2ccc(N)c3ccncc23)cc1. The molecule has 1 aromatic heterocycles. The molecular weight excluding hydrogens is 260 g/mol. The minimum atomic E-state index is 0.667. The number of nitrogen functional groups attached to an aromatic ring is 1. The van der Waals surface area contributed by atoms with E-state index in [9.17, 15) is 0 Å². The number of hydrogen-bond acceptors (Lipinski definition) is 4. The third kappa shape index (κ3) is 2.63. The van der Waals surface area contributed by atoms with Gasteiger partial charge in [0.15, 0.2) is 0 Å². The molecule has 1 heterocycles. The number of aromatic nitrogens is 1. The highest BCUT2D eigenvalue weighted by Gasteiger charge is 2.04. The van der Waals surface area contributed by atoms with Crippen molar-refractivity contribution in [2.75, 3.05) is 11.1 Å². The molecule has 4 heteroatoms. The van der Waals surface area contributed by atoms with Gasteiger partial charge in [-0.1, -0.05) is 12.1 Å². The van der Waals surface area contributed by atoms with Gasteiger partial charge in [-0.15, -0.1) is 0 Å². The summed E-state index contributed by atoms with van der Waals surface area (Å²) in [5.74, 6) is 0. The van der Waals surface area contributed by atoms with Crippen molar-refractivity contribution in [1.82, 2.24) is 4.98 Å². The minimum Gasteiger partial charge on any atom is -0.398 e. The largest absolute Gasteiger partial charge is 0.398 e. The first-order valence-electron chi connectivity index (χ1n) is 6.63. The van der Waals surface area contributed by atoms with Crippen molar-refractivity contribution in [2.24, 2.45) is 0 Å². The average Bonchev–Trinajstić information content (AvgIpc) is 2.55. The molecule has 21 heavy (non-hydrogen) atoms. The molecule has 0 bridgehead atoms. The molecule has 0 atom stereocenters. The van der Waals surface area contributed by atoms with Crippen LogP contribution in [0.4, 0.5) is 11.4 Å². The fraction of sp³-hybridized carbons (Fsp3) is 0.0588. The Balaban J connectivity index is 1.85. The molecule has 2 aromatic carbocycles. The van der Waals surface area contributed by atoms with Crippen molar-refractivity contribution >= 4 is 22.1 Å². The molecule has 4 nitrogen and oxygen atoms in total. The third-order valence-corrected chi connectivity index (χ3v) is 3.42. The first kappa shape index (κ1) is 12.9. The van der Waals surface area contributed by atoms with Crippen molar-refractivity contribution in [3.63, 3.8) is 0 Å². The summed E-state index contributed by atoms with van der Waals surface area (Å²) in [4.78, 5) is 4.16. The summed E-state index contributed by atoms with van der Waals surface area (Å²) in [6, 6.07) is 15.4. The van der Waals surface area contributed by atoms with E-state index in [-0.39, 0.29) is 0 Å². The highest BCUT2D eigenvalue weighted by atomic mass is 14.9. The van der Waals surface area contributed by atoms with Gasteiger partial charge in [-0.05, 0) is 35.9 Å². The van der Waals surface area contributed by atoms with E-state index in [4.69, 9.17) is 11.0 Å². The fourth-order valence-corrected chi connectivity index (χ4v) is 2.26. The van der Waals surface area contributed by atoms with Crippen LogP contribution in [0.2, 0.25) is 0 Å². The Morgan fingerprint density at radius 2 is 1.86 bits per heavy atom. The number of rotatable bonds is 3. The molecule has 3 N–H and O–H groups in total. The van der Waals surface area contributed by atoms with Gasteiger partial charge in [0, 0.05) is 41.1 Å². The van der Waals surface area contributed by atoms with Gasteiger partial charge in [0.05, 0.1) is 11.6 Å². The molecule has 0 fully saturated rings. The van der Waals surface area contributed by atoms with Crippen molar-refractivity contribution in [3.8, 4) is 6.07 Å². The first-order chi connectivity index (χ1) is 10.3. The average molecular weight is 274 g/mol. The highest BCUT2D eigenvalue weighted by molar-refractivity contribution is 6.00. The smallest absolute Gasteiger partial charge is 0.0991 e. The molecular formula is C17H14N4. The zero-order valence-electron chi connectivity index (χ0n) is 11.4. The van der Waals surface area contributed by atoms with E-state index in [1.54, 1.807) is 6.20 Å². The minimum absolute atomic E-state index is 0.667. The maximum absolute atomic E-state index is 8.80. The van der Waals surface area contributed by atoms with Gasteiger partial charge < -0.3 is 11.1 Å². The van der Waals surface area contributed by atoms with Crippen LogP contribution in [0.1, 0.15) is 11.1 Å². The second-order valence-corrected chi connectivity index (χ2v) is 4.79. The Kier molecular flexibility index (Phi) is 3.40. The number of pyridine rings is 1. The number of anilines is 2. The van der Waals surface area contributed by atoms with E-state index in [1.807, 2.05) is 48.7 Å². The first-order valence-corrected chi connectivity index (χ1v) is 6.63. The van der Waals surface area contributed by atoms with Crippen molar-refractivity contribution in [3.05, 3.63) is 66.0 Å². The lowest BCUT2D eigenvalue weighted by Gasteiger charge is -2.11. The molecule has 0 radical (unpaired) electrons. The summed E-state index contributed by atoms with van der Waals surface area (Å²) in [6.07, 6.45) is 3.55. The Morgan fingerprint density at radius 3 is 2.62 bits per heavy atom. The molecule has 0 aliphatic heterocycles. The summed E-state index contributed by atoms with van der Waals surface area (Å²) < 4.78 is 0. The molecule has 102 valence electrons. The normalized spacial score (nSPS) is 10.2. The maximum atomic E-state index is 8.80. The maximum Gasteiger partial charge on any atom is 0.0991 e. The summed E-state index contributed by atoms with van der Waals surface area (Å²) >= 11 is 0. The summed E-state index contributed by atoms with van der Waals surface area (Å²) in [7, 11) is 0. The van der Waals surface area contributed by atoms with Gasteiger partial charge in [0.2, 0.25) is 0 Å². The molecule has 0 amide bonds. The molecule has 0 saturated heterocycles. The second-order valence-electron chi connectivity index (χ2n) is 4.79. The monoisotopic (exact) mass is 274 g/mol. The lowest BCUT2D eigenvalue weighted by molar-refractivity contribution is 1.15. The van der Waals surface area contributed by atoms with Crippen LogP contribution in [0.15, 0.2) is 54.9 Å². The Bertz CT molecular complexity index is 816. The van der Waals surface area contributed by atoms with E-state index in [0.29, 0.717) is 12.1 Å². The van der Waals surface area contributed by atoms with Crippen LogP contribution in [0.5, 0.6) is 0 Å². The number of nitrogens with one attached hydrogen (secondary N) is 1. The Hall–Kier alpha value is -3.06. The zero-order chi connectivity index (χ0) is 14.7. The van der Waals surface area contributed by atoms with Crippen molar-refractivity contribution in [2.45, 2.75) is 6.54 Å². The fourth-order valence-electron chi connectivity index (χ4n) is 2.26. The van der Waals surface area contributed by atoms with Gasteiger partial charge in [-0.25, -0.2) is 0 Å². The Labute approximate surface area is 122 Å². The third-order valence-electron chi connectivity index (χ3n) is 3.42. The molecule has 0 unspecified atom stereocenters. The van der Waals surface area contributed by atoms with Crippen LogP contribution >= 0.6 is 0 Å². The van der Waals surface area contributed by atoms with E-state index in [2.05, 4.69) is 16.4 Å². The van der Waals surface area contributed by atoms with Crippen LogP contribution in [-0.4, -0.2) is 4.98 Å². The van der Waals surface area contributed by atoms with E-state index in [1.165, 1.54) is 0 Å². The lowest BCUT2D eigenvalue weighted by atomic mass is 10.1. The predicted molar refractivity (Wildman–Crippen MR) is 84.6 cm³/mol. The second kappa shape index (κ2) is 5.51. The van der Waals surface area contributed by atoms with Gasteiger partial charge in [-0.3, -0.25) is 4.98 Å². The number of fused-ring (bicyclic) bond motifs is 1. The molecule has 0 saturated carbocycles. The number of nitrogens with two attached hydrogens (primary N) is 1. The Morgan fingerprint density at radius 1 is 1.05 bits per heavy atom. The van der Waals surface area contributed by atoms with E-state index >= 15 is 0 Å². The number of benzene rings is 2. The van der Waals surface area contributed by atoms with Crippen molar-refractivity contribution < 1.29 is 0 Å². The van der Waals surface area contributed by atoms with Gasteiger partial charge >= 0.3 is 0 Å². The number of nitriles is 1. The molecule has 0 spiro atoms. The molecule has 0 aliphatic carbocycles. The van der Waals surface area contributed by atoms with E-state index < -0.39 is 0 Å². The topological polar surface area (TPSA) is 74.7 Å². The zero-order valence-corrected chi connectivity index (χ0v) is 11.4. The highest BCUT2D eigenvalue weighted by Crippen LogP contribution is 2.27. The number of hydrogen-bond donors (Lipinski definition) is 2. The molecule has 0 aliphatic rings. The van der Waals surface area contributed by atoms with Gasteiger partial charge in [0.1, 0.15) is 0 Å². The summed E-state index contributed by atoms with van der Waals surface area (Å²) in [6.45, 7) is 0.680. The van der Waals surface area contributed by atoms with Crippen LogP contribution < -0.4 is 11.1 Å². The van der Waals surface area contributed by atoms with Crippen molar-refractivity contribution in [1.29, 1.82) is 5.26 Å². The van der Waals surface area contributed by atoms with E-state index in [0.717, 1.165) is 27.7 Å². The van der Waals surface area contributed by atoms with Crippen LogP contribution in [0.3, 0.4) is 0 Å². The quantitative estimate of drug-likeness (QED) is 0.718. The summed E-state index contributed by atoms with van der Waals surface area (Å²) in [5.41, 5.74) is 9.50. The summed E-state index contributed by atoms with van der Waals surface area (Å²) in [5, 5.41) is 14.2. The number of nitrogens with zero attached hydrogens (tertiary/aromatic N) is 2. The predicted octanol–water partition coefficient (Wildman–Crippen LogP) is 3.30. The standard InChI is InChI=1S/C17H14N4/c18-9-12-1-3-13(4-2-12)10-21-17-6-5-16(19)14-7-8-20-11-15(14)17/h1-8,11,21H,10,19H2. The molecule has 3 aromatic rings. The molecule has 3 rings (SSSR count). The van der Waals surface area contributed by atoms with Crippen LogP contribution in [0.25, 0.3) is 10.8 Å². The van der Waals surface area contributed by atoms with Crippen LogP contribution in [0, 0.1) is 11.3 Å². The lowest BCUT2D eigenvalue weighted by Crippen LogP contribution is -2.01. The van der Waals surface area contributed by atoms with Gasteiger partial charge in [0.25, 0.3) is 0 Å². The van der Waals surface area contributed by atoms with Crippen LogP contribution in [-0.2, 0) is 6.54 Å².